The number of nitrogens with zero attached hydrogens (tertiary/aromatic N) is 1. The van der Waals surface area contributed by atoms with Gasteiger partial charge in [-0.25, -0.2) is 0 Å². The van der Waals surface area contributed by atoms with Gasteiger partial charge in [-0.1, -0.05) is 19.3 Å². The lowest BCUT2D eigenvalue weighted by Gasteiger charge is -2.34. The van der Waals surface area contributed by atoms with Crippen LogP contribution in [0.15, 0.2) is 0 Å². The highest BCUT2D eigenvalue weighted by atomic mass is 16.2. The van der Waals surface area contributed by atoms with Gasteiger partial charge in [-0.05, 0) is 50.9 Å². The molecule has 5 atom stereocenters. The van der Waals surface area contributed by atoms with E-state index in [0.29, 0.717) is 30.3 Å². The van der Waals surface area contributed by atoms with Gasteiger partial charge in [0.2, 0.25) is 5.91 Å². The summed E-state index contributed by atoms with van der Waals surface area (Å²) in [5.41, 5.74) is 6.12. The number of carbonyl (C=O) groups is 1. The Hall–Kier alpha value is -0.570. The maximum absolute atomic E-state index is 12.7. The lowest BCUT2D eigenvalue weighted by molar-refractivity contribution is -0.135. The molecule has 3 nitrogen and oxygen atoms in total. The summed E-state index contributed by atoms with van der Waals surface area (Å²) >= 11 is 0. The largest absolute Gasteiger partial charge is 0.337 e. The molecule has 1 amide bonds. The Labute approximate surface area is 116 Å². The summed E-state index contributed by atoms with van der Waals surface area (Å²) in [6, 6.07) is 1.27. The molecule has 108 valence electrons. The molecule has 0 aromatic carbocycles. The molecule has 0 spiro atoms. The third kappa shape index (κ3) is 2.54. The van der Waals surface area contributed by atoms with Gasteiger partial charge in [-0.3, -0.25) is 4.79 Å². The van der Waals surface area contributed by atoms with Crippen LogP contribution in [-0.4, -0.2) is 28.9 Å². The van der Waals surface area contributed by atoms with Crippen LogP contribution in [0, 0.1) is 11.8 Å². The van der Waals surface area contributed by atoms with E-state index >= 15 is 0 Å². The number of amides is 1. The Balaban J connectivity index is 1.65. The third-order valence-electron chi connectivity index (χ3n) is 5.79. The van der Waals surface area contributed by atoms with Crippen LogP contribution in [0.5, 0.6) is 0 Å². The first-order valence-electron chi connectivity index (χ1n) is 8.23. The van der Waals surface area contributed by atoms with Crippen LogP contribution in [0.4, 0.5) is 0 Å². The molecule has 3 unspecified atom stereocenters. The topological polar surface area (TPSA) is 46.3 Å². The van der Waals surface area contributed by atoms with Gasteiger partial charge in [0.05, 0.1) is 0 Å². The Bertz CT molecular complexity index is 344. The van der Waals surface area contributed by atoms with Crippen LogP contribution in [-0.2, 0) is 4.79 Å². The molecule has 2 saturated carbocycles. The molecule has 0 aromatic rings. The van der Waals surface area contributed by atoms with Crippen molar-refractivity contribution in [1.82, 2.24) is 4.90 Å². The van der Waals surface area contributed by atoms with E-state index in [4.69, 9.17) is 5.73 Å². The second-order valence-electron chi connectivity index (χ2n) is 7.06. The van der Waals surface area contributed by atoms with E-state index in [2.05, 4.69) is 11.8 Å². The number of hydrogen-bond donors (Lipinski definition) is 1. The summed E-state index contributed by atoms with van der Waals surface area (Å²) in [5.74, 6) is 1.62. The number of carbonyl (C=O) groups excluding carboxylic acids is 1. The summed E-state index contributed by atoms with van der Waals surface area (Å²) in [5, 5.41) is 0. The lowest BCUT2D eigenvalue weighted by atomic mass is 9.84. The Morgan fingerprint density at radius 1 is 1.16 bits per heavy atom. The first-order valence-corrected chi connectivity index (χ1v) is 8.23. The van der Waals surface area contributed by atoms with Crippen molar-refractivity contribution in [3.63, 3.8) is 0 Å². The van der Waals surface area contributed by atoms with E-state index in [0.717, 1.165) is 18.8 Å². The molecule has 3 rings (SSSR count). The predicted molar refractivity (Wildman–Crippen MR) is 76.6 cm³/mol. The molecule has 3 fully saturated rings. The Morgan fingerprint density at radius 3 is 2.68 bits per heavy atom. The SMILES string of the molecule is CC1CC2CCCCC2N1C(=O)C[C@@H]1CCC[C@H]1N. The van der Waals surface area contributed by atoms with E-state index in [-0.39, 0.29) is 6.04 Å². The van der Waals surface area contributed by atoms with Crippen molar-refractivity contribution in [2.45, 2.75) is 82.8 Å². The lowest BCUT2D eigenvalue weighted by Crippen LogP contribution is -2.43. The molecule has 19 heavy (non-hydrogen) atoms. The quantitative estimate of drug-likeness (QED) is 0.833. The van der Waals surface area contributed by atoms with Crippen LogP contribution < -0.4 is 5.73 Å². The fourth-order valence-electron chi connectivity index (χ4n) is 4.79. The molecule has 1 saturated heterocycles. The van der Waals surface area contributed by atoms with Crippen LogP contribution >= 0.6 is 0 Å². The molecular weight excluding hydrogens is 236 g/mol. The summed E-state index contributed by atoms with van der Waals surface area (Å²) in [4.78, 5) is 14.9. The van der Waals surface area contributed by atoms with Crippen molar-refractivity contribution < 1.29 is 4.79 Å². The first kappa shape index (κ1) is 13.4. The molecule has 0 radical (unpaired) electrons. The monoisotopic (exact) mass is 264 g/mol. The first-order chi connectivity index (χ1) is 9.16. The zero-order valence-electron chi connectivity index (χ0n) is 12.2. The number of hydrogen-bond acceptors (Lipinski definition) is 2. The van der Waals surface area contributed by atoms with Gasteiger partial charge in [0, 0.05) is 24.5 Å². The predicted octanol–water partition coefficient (Wildman–Crippen LogP) is 2.68. The van der Waals surface area contributed by atoms with Crippen LogP contribution in [0.3, 0.4) is 0 Å². The summed E-state index contributed by atoms with van der Waals surface area (Å²) in [7, 11) is 0. The minimum atomic E-state index is 0.268. The van der Waals surface area contributed by atoms with Gasteiger partial charge in [-0.2, -0.15) is 0 Å². The average molecular weight is 264 g/mol. The zero-order valence-corrected chi connectivity index (χ0v) is 12.2. The number of fused-ring (bicyclic) bond motifs is 1. The van der Waals surface area contributed by atoms with Crippen molar-refractivity contribution >= 4 is 5.91 Å². The fraction of sp³-hybridized carbons (Fsp3) is 0.938. The van der Waals surface area contributed by atoms with E-state index in [1.165, 1.54) is 38.5 Å². The average Bonchev–Trinajstić information content (AvgIpc) is 2.92. The Kier molecular flexibility index (Phi) is 3.84. The summed E-state index contributed by atoms with van der Waals surface area (Å²) in [6.07, 6.45) is 10.6. The maximum Gasteiger partial charge on any atom is 0.223 e. The van der Waals surface area contributed by atoms with Gasteiger partial charge in [0.1, 0.15) is 0 Å². The molecule has 2 aliphatic carbocycles. The highest BCUT2D eigenvalue weighted by molar-refractivity contribution is 5.77. The number of nitrogens with two attached hydrogens (primary N) is 1. The minimum Gasteiger partial charge on any atom is -0.337 e. The molecule has 1 aliphatic heterocycles. The van der Waals surface area contributed by atoms with Crippen molar-refractivity contribution in [3.8, 4) is 0 Å². The normalized spacial score (nSPS) is 42.4. The second-order valence-corrected chi connectivity index (χ2v) is 7.06. The van der Waals surface area contributed by atoms with Crippen LogP contribution in [0.25, 0.3) is 0 Å². The third-order valence-corrected chi connectivity index (χ3v) is 5.79. The highest BCUT2D eigenvalue weighted by Gasteiger charge is 2.43. The molecule has 3 heteroatoms. The fourth-order valence-corrected chi connectivity index (χ4v) is 4.79. The van der Waals surface area contributed by atoms with Gasteiger partial charge in [0.25, 0.3) is 0 Å². The molecule has 3 aliphatic rings. The molecule has 2 N–H and O–H groups in total. The van der Waals surface area contributed by atoms with Gasteiger partial charge >= 0.3 is 0 Å². The van der Waals surface area contributed by atoms with Gasteiger partial charge < -0.3 is 10.6 Å². The molecule has 0 aromatic heterocycles. The van der Waals surface area contributed by atoms with Crippen molar-refractivity contribution in [2.75, 3.05) is 0 Å². The van der Waals surface area contributed by atoms with E-state index in [1.807, 2.05) is 0 Å². The van der Waals surface area contributed by atoms with Gasteiger partial charge in [-0.15, -0.1) is 0 Å². The highest BCUT2D eigenvalue weighted by Crippen LogP contribution is 2.40. The number of rotatable bonds is 2. The summed E-state index contributed by atoms with van der Waals surface area (Å²) < 4.78 is 0. The molecule has 1 heterocycles. The van der Waals surface area contributed by atoms with Crippen molar-refractivity contribution in [1.29, 1.82) is 0 Å². The smallest absolute Gasteiger partial charge is 0.223 e. The number of likely N-dealkylation sites (tertiary alicyclic amines) is 1. The van der Waals surface area contributed by atoms with E-state index < -0.39 is 0 Å². The van der Waals surface area contributed by atoms with Crippen molar-refractivity contribution in [3.05, 3.63) is 0 Å². The zero-order chi connectivity index (χ0) is 13.4. The van der Waals surface area contributed by atoms with Crippen LogP contribution in [0.1, 0.15) is 64.7 Å². The summed E-state index contributed by atoms with van der Waals surface area (Å²) in [6.45, 7) is 2.24. The van der Waals surface area contributed by atoms with Gasteiger partial charge in [0.15, 0.2) is 0 Å². The second kappa shape index (κ2) is 5.43. The van der Waals surface area contributed by atoms with E-state index in [9.17, 15) is 4.79 Å². The maximum atomic E-state index is 12.7. The minimum absolute atomic E-state index is 0.268. The molecular formula is C16H28N2O. The Morgan fingerprint density at radius 2 is 1.95 bits per heavy atom. The van der Waals surface area contributed by atoms with Crippen LogP contribution in [0.2, 0.25) is 0 Å². The molecule has 0 bridgehead atoms. The standard InChI is InChI=1S/C16H28N2O/c1-11-9-13-5-2-3-8-15(13)18(11)16(19)10-12-6-4-7-14(12)17/h11-15H,2-10,17H2,1H3/t11?,12-,13?,14+,15?/m0/s1. The van der Waals surface area contributed by atoms with E-state index in [1.54, 1.807) is 0 Å². The van der Waals surface area contributed by atoms with Crippen molar-refractivity contribution in [2.24, 2.45) is 17.6 Å².